The minimum Gasteiger partial charge on any atom is -0.396 e. The summed E-state index contributed by atoms with van der Waals surface area (Å²) in [5, 5.41) is 23.1. The Kier molecular flexibility index (Phi) is 6.04. The Balaban J connectivity index is 2.85. The summed E-state index contributed by atoms with van der Waals surface area (Å²) in [6.45, 7) is 2.72. The summed E-state index contributed by atoms with van der Waals surface area (Å²) in [7, 11) is 0. The van der Waals surface area contributed by atoms with Crippen molar-refractivity contribution in [3.63, 3.8) is 0 Å². The number of aliphatic hydroxyl groups excluding tert-OH is 1. The molecule has 1 atom stereocenters. The van der Waals surface area contributed by atoms with Crippen molar-refractivity contribution in [1.29, 1.82) is 0 Å². The third-order valence-electron chi connectivity index (χ3n) is 3.07. The molecule has 1 rings (SSSR count). The molecule has 7 nitrogen and oxygen atoms in total. The monoisotopic (exact) mass is 268 g/mol. The number of hydrogen-bond donors (Lipinski definition) is 4. The Morgan fingerprint density at radius 3 is 2.68 bits per heavy atom. The molecular weight excluding hydrogens is 248 g/mol. The molecule has 0 heterocycles. The van der Waals surface area contributed by atoms with Gasteiger partial charge >= 0.3 is 5.69 Å². The molecule has 0 aliphatic rings. The summed E-state index contributed by atoms with van der Waals surface area (Å²) in [6, 6.07) is 4.89. The van der Waals surface area contributed by atoms with E-state index in [0.717, 1.165) is 6.42 Å². The number of nitrogens with two attached hydrogens (primary N) is 1. The molecule has 1 aromatic carbocycles. The molecule has 0 radical (unpaired) electrons. The number of nitrogens with zero attached hydrogens (tertiary/aromatic N) is 1. The minimum absolute atomic E-state index is 0.0659. The second-order valence-corrected chi connectivity index (χ2v) is 4.27. The average molecular weight is 268 g/mol. The van der Waals surface area contributed by atoms with E-state index in [1.807, 2.05) is 6.92 Å². The number of nitro benzene ring substituents is 1. The lowest BCUT2D eigenvalue weighted by atomic mass is 10.0. The largest absolute Gasteiger partial charge is 0.396 e. The van der Waals surface area contributed by atoms with Crippen LogP contribution in [-0.2, 0) is 0 Å². The first-order valence-electron chi connectivity index (χ1n) is 6.22. The predicted octanol–water partition coefficient (Wildman–Crippen LogP) is 1.70. The Morgan fingerprint density at radius 2 is 2.16 bits per heavy atom. The number of nitrogen functional groups attached to an aromatic ring is 1. The van der Waals surface area contributed by atoms with Crippen molar-refractivity contribution in [2.45, 2.75) is 19.8 Å². The van der Waals surface area contributed by atoms with Crippen LogP contribution in [0.2, 0.25) is 0 Å². The molecule has 1 unspecified atom stereocenters. The summed E-state index contributed by atoms with van der Waals surface area (Å²) in [4.78, 5) is 10.6. The number of para-hydroxylation sites is 1. The molecule has 0 aliphatic heterocycles. The number of rotatable bonds is 8. The smallest absolute Gasteiger partial charge is 0.316 e. The van der Waals surface area contributed by atoms with Gasteiger partial charge in [0.05, 0.1) is 4.92 Å². The highest BCUT2D eigenvalue weighted by atomic mass is 16.6. The average Bonchev–Trinajstić information content (AvgIpc) is 2.42. The Labute approximate surface area is 111 Å². The van der Waals surface area contributed by atoms with Gasteiger partial charge in [-0.15, -0.1) is 0 Å². The SMILES string of the molecule is CCC(CCO)CNc1cccc(NN)c1[N+](=O)[O-]. The van der Waals surface area contributed by atoms with Gasteiger partial charge in [0, 0.05) is 13.2 Å². The van der Waals surface area contributed by atoms with Crippen molar-refractivity contribution >= 4 is 17.1 Å². The van der Waals surface area contributed by atoms with Crippen LogP contribution in [0.5, 0.6) is 0 Å². The van der Waals surface area contributed by atoms with Crippen LogP contribution in [0.25, 0.3) is 0 Å². The van der Waals surface area contributed by atoms with Gasteiger partial charge in [0.1, 0.15) is 11.4 Å². The van der Waals surface area contributed by atoms with Crippen LogP contribution < -0.4 is 16.6 Å². The third-order valence-corrected chi connectivity index (χ3v) is 3.07. The van der Waals surface area contributed by atoms with Crippen molar-refractivity contribution < 1.29 is 10.0 Å². The first-order valence-corrected chi connectivity index (χ1v) is 6.22. The Hall–Kier alpha value is -1.86. The topological polar surface area (TPSA) is 113 Å². The molecule has 0 saturated carbocycles. The lowest BCUT2D eigenvalue weighted by Crippen LogP contribution is -2.16. The molecular formula is C12H20N4O3. The number of hydrogen-bond acceptors (Lipinski definition) is 6. The quantitative estimate of drug-likeness (QED) is 0.324. The molecule has 0 spiro atoms. The highest BCUT2D eigenvalue weighted by molar-refractivity contribution is 5.75. The molecule has 0 aliphatic carbocycles. The maximum absolute atomic E-state index is 11.1. The van der Waals surface area contributed by atoms with Crippen molar-refractivity contribution in [3.05, 3.63) is 28.3 Å². The zero-order valence-corrected chi connectivity index (χ0v) is 10.9. The molecule has 0 saturated heterocycles. The fourth-order valence-corrected chi connectivity index (χ4v) is 1.89. The standard InChI is InChI=1S/C12H20N4O3/c1-2-9(6-7-17)8-14-10-4-3-5-11(15-13)12(10)16(18)19/h3-5,9,14-15,17H,2,6-8,13H2,1H3. The van der Waals surface area contributed by atoms with Gasteiger partial charge in [-0.05, 0) is 24.5 Å². The fraction of sp³-hybridized carbons (Fsp3) is 0.500. The minimum atomic E-state index is -0.468. The van der Waals surface area contributed by atoms with E-state index in [0.29, 0.717) is 18.7 Å². The van der Waals surface area contributed by atoms with Crippen LogP contribution in [0, 0.1) is 16.0 Å². The number of anilines is 2. The van der Waals surface area contributed by atoms with E-state index in [1.54, 1.807) is 18.2 Å². The summed E-state index contributed by atoms with van der Waals surface area (Å²) < 4.78 is 0. The van der Waals surface area contributed by atoms with E-state index in [9.17, 15) is 10.1 Å². The van der Waals surface area contributed by atoms with E-state index < -0.39 is 4.92 Å². The van der Waals surface area contributed by atoms with Crippen molar-refractivity contribution in [1.82, 2.24) is 0 Å². The van der Waals surface area contributed by atoms with Crippen molar-refractivity contribution in [2.75, 3.05) is 23.9 Å². The van der Waals surface area contributed by atoms with Crippen LogP contribution in [0.3, 0.4) is 0 Å². The van der Waals surface area contributed by atoms with Gasteiger partial charge in [0.15, 0.2) is 0 Å². The lowest BCUT2D eigenvalue weighted by Gasteiger charge is -2.16. The molecule has 7 heteroatoms. The van der Waals surface area contributed by atoms with E-state index in [-0.39, 0.29) is 23.9 Å². The molecule has 1 aromatic rings. The molecule has 0 bridgehead atoms. The molecule has 19 heavy (non-hydrogen) atoms. The number of benzene rings is 1. The molecule has 0 fully saturated rings. The van der Waals surface area contributed by atoms with Crippen LogP contribution in [0.1, 0.15) is 19.8 Å². The van der Waals surface area contributed by atoms with Crippen LogP contribution in [0.4, 0.5) is 17.1 Å². The van der Waals surface area contributed by atoms with Gasteiger partial charge in [-0.25, -0.2) is 0 Å². The molecule has 106 valence electrons. The van der Waals surface area contributed by atoms with E-state index in [2.05, 4.69) is 10.7 Å². The number of nitro groups is 1. The zero-order valence-electron chi connectivity index (χ0n) is 10.9. The van der Waals surface area contributed by atoms with Crippen molar-refractivity contribution in [2.24, 2.45) is 11.8 Å². The number of hydrazine groups is 1. The second-order valence-electron chi connectivity index (χ2n) is 4.27. The van der Waals surface area contributed by atoms with Gasteiger partial charge in [-0.3, -0.25) is 16.0 Å². The van der Waals surface area contributed by atoms with Crippen molar-refractivity contribution in [3.8, 4) is 0 Å². The highest BCUT2D eigenvalue weighted by Crippen LogP contribution is 2.32. The summed E-state index contributed by atoms with van der Waals surface area (Å²) >= 11 is 0. The van der Waals surface area contributed by atoms with Crippen LogP contribution >= 0.6 is 0 Å². The van der Waals surface area contributed by atoms with Gasteiger partial charge in [0.2, 0.25) is 0 Å². The molecule has 5 N–H and O–H groups in total. The van der Waals surface area contributed by atoms with Gasteiger partial charge in [0.25, 0.3) is 0 Å². The summed E-state index contributed by atoms with van der Waals surface area (Å²) in [5.74, 6) is 5.55. The van der Waals surface area contributed by atoms with E-state index in [1.165, 1.54) is 0 Å². The zero-order chi connectivity index (χ0) is 14.3. The maximum Gasteiger partial charge on any atom is 0.316 e. The molecule has 0 aromatic heterocycles. The second kappa shape index (κ2) is 7.55. The lowest BCUT2D eigenvalue weighted by molar-refractivity contribution is -0.383. The first kappa shape index (κ1) is 15.2. The van der Waals surface area contributed by atoms with E-state index in [4.69, 9.17) is 10.9 Å². The number of aliphatic hydroxyl groups is 1. The highest BCUT2D eigenvalue weighted by Gasteiger charge is 2.19. The summed E-state index contributed by atoms with van der Waals surface area (Å²) in [6.07, 6.45) is 1.57. The summed E-state index contributed by atoms with van der Waals surface area (Å²) in [5.41, 5.74) is 2.95. The maximum atomic E-state index is 11.1. The van der Waals surface area contributed by atoms with Crippen LogP contribution in [0.15, 0.2) is 18.2 Å². The van der Waals surface area contributed by atoms with Crippen LogP contribution in [-0.4, -0.2) is 23.2 Å². The normalized spacial score (nSPS) is 11.9. The number of nitrogens with one attached hydrogen (secondary N) is 2. The fourth-order valence-electron chi connectivity index (χ4n) is 1.89. The molecule has 0 amide bonds. The van der Waals surface area contributed by atoms with Gasteiger partial charge in [-0.2, -0.15) is 0 Å². The van der Waals surface area contributed by atoms with Gasteiger partial charge < -0.3 is 15.8 Å². The van der Waals surface area contributed by atoms with E-state index >= 15 is 0 Å². The Bertz CT molecular complexity index is 425. The Morgan fingerprint density at radius 1 is 1.47 bits per heavy atom. The first-order chi connectivity index (χ1) is 9.13. The third kappa shape index (κ3) is 4.08. The predicted molar refractivity (Wildman–Crippen MR) is 74.9 cm³/mol. The van der Waals surface area contributed by atoms with Gasteiger partial charge in [-0.1, -0.05) is 19.4 Å².